The number of nitrogens with zero attached hydrogens (tertiary/aromatic N) is 3. The maximum atomic E-state index is 13.6. The first-order valence-corrected chi connectivity index (χ1v) is 12.8. The van der Waals surface area contributed by atoms with Gasteiger partial charge in [-0.3, -0.25) is 9.69 Å². The third-order valence-electron chi connectivity index (χ3n) is 5.47. The molecule has 2 heterocycles. The fraction of sp³-hybridized carbons (Fsp3) is 0.364. The Morgan fingerprint density at radius 2 is 1.97 bits per heavy atom. The summed E-state index contributed by atoms with van der Waals surface area (Å²) in [5.41, 5.74) is 3.03. The average Bonchev–Trinajstić information content (AvgIpc) is 3.39. The average molecular weight is 444 g/mol. The minimum Gasteiger partial charge on any atom is -0.282 e. The molecular formula is C22H25N3O3S2. The zero-order valence-corrected chi connectivity index (χ0v) is 18.7. The molecular weight excluding hydrogens is 418 g/mol. The lowest BCUT2D eigenvalue weighted by molar-refractivity contribution is -0.121. The van der Waals surface area contributed by atoms with Crippen LogP contribution in [0.4, 0.5) is 5.13 Å². The fourth-order valence-electron chi connectivity index (χ4n) is 3.96. The van der Waals surface area contributed by atoms with Crippen LogP contribution in [0.2, 0.25) is 0 Å². The maximum Gasteiger partial charge on any atom is 0.247 e. The smallest absolute Gasteiger partial charge is 0.247 e. The van der Waals surface area contributed by atoms with E-state index < -0.39 is 16.1 Å². The molecule has 0 spiro atoms. The first-order valence-electron chi connectivity index (χ1n) is 10.1. The minimum absolute atomic E-state index is 0.209. The number of fused-ring (bicyclic) bond motifs is 1. The van der Waals surface area contributed by atoms with E-state index in [1.165, 1.54) is 21.9 Å². The number of amides is 1. The lowest BCUT2D eigenvalue weighted by atomic mass is 10.1. The molecule has 1 aliphatic rings. The molecule has 0 N–H and O–H groups in total. The highest BCUT2D eigenvalue weighted by molar-refractivity contribution is 7.88. The second kappa shape index (κ2) is 8.45. The van der Waals surface area contributed by atoms with Gasteiger partial charge in [0.15, 0.2) is 5.13 Å². The quantitative estimate of drug-likeness (QED) is 0.581. The van der Waals surface area contributed by atoms with E-state index in [4.69, 9.17) is 4.98 Å². The van der Waals surface area contributed by atoms with Crippen LogP contribution in [0.3, 0.4) is 0 Å². The number of aryl methyl sites for hydroxylation is 1. The van der Waals surface area contributed by atoms with E-state index in [2.05, 4.69) is 13.0 Å². The van der Waals surface area contributed by atoms with Crippen LogP contribution in [0.15, 0.2) is 48.5 Å². The molecule has 2 aromatic carbocycles. The Kier molecular flexibility index (Phi) is 5.90. The zero-order chi connectivity index (χ0) is 21.3. The summed E-state index contributed by atoms with van der Waals surface area (Å²) < 4.78 is 26.8. The monoisotopic (exact) mass is 443 g/mol. The second-order valence-electron chi connectivity index (χ2n) is 7.56. The van der Waals surface area contributed by atoms with Crippen molar-refractivity contribution in [2.75, 3.05) is 17.7 Å². The third kappa shape index (κ3) is 4.12. The van der Waals surface area contributed by atoms with Crippen molar-refractivity contribution in [2.45, 2.75) is 38.8 Å². The third-order valence-corrected chi connectivity index (χ3v) is 7.80. The van der Waals surface area contributed by atoms with Gasteiger partial charge in [0, 0.05) is 6.54 Å². The van der Waals surface area contributed by atoms with Gasteiger partial charge >= 0.3 is 0 Å². The Labute approximate surface area is 181 Å². The molecule has 30 heavy (non-hydrogen) atoms. The van der Waals surface area contributed by atoms with Crippen LogP contribution in [0.5, 0.6) is 0 Å². The van der Waals surface area contributed by atoms with Crippen molar-refractivity contribution in [1.29, 1.82) is 0 Å². The summed E-state index contributed by atoms with van der Waals surface area (Å²) in [7, 11) is -3.45. The molecule has 1 aliphatic heterocycles. The van der Waals surface area contributed by atoms with E-state index in [-0.39, 0.29) is 5.91 Å². The van der Waals surface area contributed by atoms with Crippen molar-refractivity contribution in [3.8, 4) is 0 Å². The molecule has 1 atom stereocenters. The van der Waals surface area contributed by atoms with Gasteiger partial charge in [-0.05, 0) is 36.5 Å². The molecule has 0 saturated carbocycles. The summed E-state index contributed by atoms with van der Waals surface area (Å²) in [5.74, 6) is -0.209. The summed E-state index contributed by atoms with van der Waals surface area (Å²) in [6.45, 7) is 2.83. The van der Waals surface area contributed by atoms with Crippen LogP contribution < -0.4 is 4.90 Å². The number of thiazole rings is 1. The second-order valence-corrected chi connectivity index (χ2v) is 10.5. The van der Waals surface area contributed by atoms with Crippen LogP contribution in [0.1, 0.15) is 30.9 Å². The summed E-state index contributed by atoms with van der Waals surface area (Å²) in [5, 5.41) is 0.611. The molecule has 0 aliphatic carbocycles. The van der Waals surface area contributed by atoms with Crippen molar-refractivity contribution >= 4 is 42.6 Å². The first-order chi connectivity index (χ1) is 14.4. The molecule has 8 heteroatoms. The summed E-state index contributed by atoms with van der Waals surface area (Å²) in [4.78, 5) is 20.1. The topological polar surface area (TPSA) is 70.6 Å². The number of sulfonamides is 1. The molecule has 4 rings (SSSR count). The highest BCUT2D eigenvalue weighted by Crippen LogP contribution is 2.34. The summed E-state index contributed by atoms with van der Waals surface area (Å²) in [6, 6.07) is 15.1. The van der Waals surface area contributed by atoms with Gasteiger partial charge in [-0.15, -0.1) is 0 Å². The predicted octanol–water partition coefficient (Wildman–Crippen LogP) is 3.82. The van der Waals surface area contributed by atoms with Gasteiger partial charge in [-0.2, -0.15) is 4.31 Å². The Bertz CT molecular complexity index is 1160. The van der Waals surface area contributed by atoms with Crippen LogP contribution in [0.25, 0.3) is 10.2 Å². The van der Waals surface area contributed by atoms with Gasteiger partial charge in [0.05, 0.1) is 23.0 Å². The van der Waals surface area contributed by atoms with E-state index in [1.54, 1.807) is 4.90 Å². The molecule has 1 unspecified atom stereocenters. The van der Waals surface area contributed by atoms with Gasteiger partial charge in [-0.25, -0.2) is 13.4 Å². The molecule has 0 radical (unpaired) electrons. The Balaban J connectivity index is 1.76. The summed E-state index contributed by atoms with van der Waals surface area (Å²) >= 11 is 1.48. The highest BCUT2D eigenvalue weighted by atomic mass is 32.2. The van der Waals surface area contributed by atoms with Crippen LogP contribution >= 0.6 is 11.3 Å². The molecule has 1 aromatic heterocycles. The predicted molar refractivity (Wildman–Crippen MR) is 121 cm³/mol. The van der Waals surface area contributed by atoms with Crippen LogP contribution in [-0.4, -0.2) is 42.5 Å². The number of aromatic nitrogens is 1. The van der Waals surface area contributed by atoms with Crippen molar-refractivity contribution in [2.24, 2.45) is 0 Å². The van der Waals surface area contributed by atoms with Crippen LogP contribution in [0, 0.1) is 0 Å². The van der Waals surface area contributed by atoms with E-state index in [0.717, 1.165) is 27.8 Å². The first kappa shape index (κ1) is 21.0. The number of carbonyl (C=O) groups is 1. The number of carbonyl (C=O) groups excluding carboxylic acids is 1. The molecule has 1 amide bonds. The van der Waals surface area contributed by atoms with Gasteiger partial charge in [0.2, 0.25) is 15.9 Å². The molecule has 1 fully saturated rings. The number of rotatable bonds is 6. The van der Waals surface area contributed by atoms with Crippen LogP contribution in [-0.2, 0) is 27.8 Å². The SMILES string of the molecule is CCc1cccc2sc(N(Cc3ccccc3)C(=O)C3CCCN3S(C)(=O)=O)nc12. The largest absolute Gasteiger partial charge is 0.282 e. The lowest BCUT2D eigenvalue weighted by Gasteiger charge is -2.27. The van der Waals surface area contributed by atoms with Gasteiger partial charge in [-0.1, -0.05) is 60.7 Å². The maximum absolute atomic E-state index is 13.6. The fourth-order valence-corrected chi connectivity index (χ4v) is 6.10. The lowest BCUT2D eigenvalue weighted by Crippen LogP contribution is -2.47. The van der Waals surface area contributed by atoms with Gasteiger partial charge in [0.1, 0.15) is 6.04 Å². The van der Waals surface area contributed by atoms with Gasteiger partial charge in [0.25, 0.3) is 0 Å². The normalized spacial score (nSPS) is 17.5. The Morgan fingerprint density at radius 1 is 1.20 bits per heavy atom. The van der Waals surface area contributed by atoms with Gasteiger partial charge < -0.3 is 0 Å². The number of hydrogen-bond donors (Lipinski definition) is 0. The molecule has 6 nitrogen and oxygen atoms in total. The highest BCUT2D eigenvalue weighted by Gasteiger charge is 2.39. The Morgan fingerprint density at radius 3 is 2.67 bits per heavy atom. The van der Waals surface area contributed by atoms with Crippen molar-refractivity contribution in [3.05, 3.63) is 59.7 Å². The minimum atomic E-state index is -3.45. The standard InChI is InChI=1S/C22H25N3O3S2/c1-3-17-11-7-13-19-20(17)23-22(29-19)24(15-16-9-5-4-6-10-16)21(26)18-12-8-14-25(18)30(2,27)28/h4-7,9-11,13,18H,3,8,12,14-15H2,1-2H3. The zero-order valence-electron chi connectivity index (χ0n) is 17.1. The molecule has 1 saturated heterocycles. The summed E-state index contributed by atoms with van der Waals surface area (Å²) in [6.07, 6.45) is 3.24. The Hall–Kier alpha value is -2.29. The molecule has 0 bridgehead atoms. The van der Waals surface area contributed by atoms with Crippen molar-refractivity contribution < 1.29 is 13.2 Å². The number of para-hydroxylation sites is 1. The van der Waals surface area contributed by atoms with E-state index in [1.807, 2.05) is 42.5 Å². The number of anilines is 1. The van der Waals surface area contributed by atoms with Crippen molar-refractivity contribution in [1.82, 2.24) is 9.29 Å². The number of benzene rings is 2. The van der Waals surface area contributed by atoms with E-state index in [0.29, 0.717) is 31.1 Å². The molecule has 158 valence electrons. The van der Waals surface area contributed by atoms with E-state index >= 15 is 0 Å². The van der Waals surface area contributed by atoms with Crippen molar-refractivity contribution in [3.63, 3.8) is 0 Å². The molecule has 3 aromatic rings. The number of hydrogen-bond acceptors (Lipinski definition) is 5. The van der Waals surface area contributed by atoms with E-state index in [9.17, 15) is 13.2 Å².